The van der Waals surface area contributed by atoms with E-state index in [1.165, 1.54) is 0 Å². The molecular formula is C9H15N3O2S. The Labute approximate surface area is 92.9 Å². The number of aliphatic hydroxyl groups is 1. The van der Waals surface area contributed by atoms with Gasteiger partial charge < -0.3 is 10.0 Å². The van der Waals surface area contributed by atoms with Crippen molar-refractivity contribution in [2.24, 2.45) is 0 Å². The zero-order valence-electron chi connectivity index (χ0n) is 9.10. The lowest BCUT2D eigenvalue weighted by atomic mass is 10.1. The molecule has 1 rings (SSSR count). The van der Waals surface area contributed by atoms with Gasteiger partial charge in [-0.2, -0.15) is 0 Å². The number of hydrogen-bond acceptors (Lipinski definition) is 5. The summed E-state index contributed by atoms with van der Waals surface area (Å²) in [6, 6.07) is 0. The van der Waals surface area contributed by atoms with Gasteiger partial charge in [0.15, 0.2) is 5.69 Å². The number of carbonyl (C=O) groups is 1. The highest BCUT2D eigenvalue weighted by molar-refractivity contribution is 7.03. The molecule has 1 heterocycles. The van der Waals surface area contributed by atoms with E-state index in [2.05, 4.69) is 9.59 Å². The summed E-state index contributed by atoms with van der Waals surface area (Å²) in [6.07, 6.45) is 0. The van der Waals surface area contributed by atoms with Crippen LogP contribution in [-0.4, -0.2) is 44.2 Å². The second kappa shape index (κ2) is 4.67. The number of aromatic nitrogens is 2. The summed E-state index contributed by atoms with van der Waals surface area (Å²) < 4.78 is 3.64. The van der Waals surface area contributed by atoms with Crippen LogP contribution in [-0.2, 0) is 0 Å². The van der Waals surface area contributed by atoms with Crippen molar-refractivity contribution in [3.63, 3.8) is 0 Å². The molecule has 6 heteroatoms. The molecule has 0 radical (unpaired) electrons. The average Bonchev–Trinajstić information content (AvgIpc) is 2.64. The van der Waals surface area contributed by atoms with E-state index in [0.717, 1.165) is 11.5 Å². The summed E-state index contributed by atoms with van der Waals surface area (Å²) in [7, 11) is 0. The Kier molecular flexibility index (Phi) is 3.76. The lowest BCUT2D eigenvalue weighted by molar-refractivity contribution is 0.0311. The first kappa shape index (κ1) is 12.1. The van der Waals surface area contributed by atoms with Crippen molar-refractivity contribution in [2.75, 3.05) is 13.1 Å². The van der Waals surface area contributed by atoms with Crippen molar-refractivity contribution >= 4 is 17.4 Å². The smallest absolute Gasteiger partial charge is 0.275 e. The van der Waals surface area contributed by atoms with Crippen LogP contribution in [0.25, 0.3) is 0 Å². The minimum absolute atomic E-state index is 0.187. The third kappa shape index (κ3) is 3.56. The van der Waals surface area contributed by atoms with E-state index < -0.39 is 5.60 Å². The minimum Gasteiger partial charge on any atom is -0.389 e. The van der Waals surface area contributed by atoms with Crippen molar-refractivity contribution < 1.29 is 9.90 Å². The van der Waals surface area contributed by atoms with Crippen LogP contribution in [0.15, 0.2) is 5.38 Å². The second-order valence-electron chi connectivity index (χ2n) is 3.92. The van der Waals surface area contributed by atoms with Crippen LogP contribution in [0, 0.1) is 0 Å². The fourth-order valence-electron chi connectivity index (χ4n) is 1.21. The molecule has 1 aromatic heterocycles. The summed E-state index contributed by atoms with van der Waals surface area (Å²) >= 11 is 1.14. The van der Waals surface area contributed by atoms with Crippen LogP contribution in [0.1, 0.15) is 31.3 Å². The number of carbonyl (C=O) groups excluding carboxylic acids is 1. The van der Waals surface area contributed by atoms with Gasteiger partial charge in [0.2, 0.25) is 0 Å². The van der Waals surface area contributed by atoms with Crippen molar-refractivity contribution in [3.05, 3.63) is 11.1 Å². The van der Waals surface area contributed by atoms with Gasteiger partial charge in [-0.05, 0) is 32.3 Å². The lowest BCUT2D eigenvalue weighted by Gasteiger charge is -2.27. The zero-order chi connectivity index (χ0) is 11.5. The van der Waals surface area contributed by atoms with Gasteiger partial charge in [0.1, 0.15) is 0 Å². The van der Waals surface area contributed by atoms with Crippen molar-refractivity contribution in [1.29, 1.82) is 0 Å². The van der Waals surface area contributed by atoms with Crippen LogP contribution < -0.4 is 0 Å². The molecule has 0 bridgehead atoms. The Hall–Kier alpha value is -1.01. The van der Waals surface area contributed by atoms with Crippen molar-refractivity contribution in [3.8, 4) is 0 Å². The Morgan fingerprint density at radius 2 is 2.33 bits per heavy atom. The van der Waals surface area contributed by atoms with Crippen LogP contribution in [0.4, 0.5) is 0 Å². The number of hydrogen-bond donors (Lipinski definition) is 1. The highest BCUT2D eigenvalue weighted by Crippen LogP contribution is 2.09. The second-order valence-corrected chi connectivity index (χ2v) is 4.53. The van der Waals surface area contributed by atoms with Crippen molar-refractivity contribution in [1.82, 2.24) is 14.5 Å². The number of likely N-dealkylation sites (N-methyl/N-ethyl adjacent to an activating group) is 1. The third-order valence-corrected chi connectivity index (χ3v) is 2.33. The molecule has 0 unspecified atom stereocenters. The fourth-order valence-corrected chi connectivity index (χ4v) is 1.64. The van der Waals surface area contributed by atoms with Gasteiger partial charge in [-0.15, -0.1) is 5.10 Å². The summed E-state index contributed by atoms with van der Waals surface area (Å²) in [5.41, 5.74) is -0.555. The SMILES string of the molecule is CCN(CC(C)(C)O)C(=O)c1csnn1. The Morgan fingerprint density at radius 3 is 2.73 bits per heavy atom. The Balaban J connectivity index is 2.72. The molecule has 1 amide bonds. The van der Waals surface area contributed by atoms with Crippen molar-refractivity contribution in [2.45, 2.75) is 26.4 Å². The molecule has 0 aliphatic heterocycles. The Morgan fingerprint density at radius 1 is 1.67 bits per heavy atom. The molecule has 0 fully saturated rings. The molecule has 0 aliphatic rings. The van der Waals surface area contributed by atoms with Gasteiger partial charge in [-0.25, -0.2) is 0 Å². The normalized spacial score (nSPS) is 11.5. The van der Waals surface area contributed by atoms with E-state index in [4.69, 9.17) is 0 Å². The van der Waals surface area contributed by atoms with E-state index in [1.807, 2.05) is 6.92 Å². The van der Waals surface area contributed by atoms with Gasteiger partial charge in [0.05, 0.1) is 5.60 Å². The first-order valence-electron chi connectivity index (χ1n) is 4.73. The minimum atomic E-state index is -0.894. The average molecular weight is 229 g/mol. The molecule has 0 saturated carbocycles. The highest BCUT2D eigenvalue weighted by atomic mass is 32.1. The van der Waals surface area contributed by atoms with E-state index in [1.54, 1.807) is 24.1 Å². The van der Waals surface area contributed by atoms with E-state index >= 15 is 0 Å². The van der Waals surface area contributed by atoms with Crippen LogP contribution in [0.5, 0.6) is 0 Å². The monoisotopic (exact) mass is 229 g/mol. The molecule has 0 atom stereocenters. The number of nitrogens with zero attached hydrogens (tertiary/aromatic N) is 3. The molecule has 0 aliphatic carbocycles. The Bertz CT molecular complexity index is 319. The summed E-state index contributed by atoms with van der Waals surface area (Å²) in [5.74, 6) is -0.187. The first-order valence-corrected chi connectivity index (χ1v) is 5.56. The standard InChI is InChI=1S/C9H15N3O2S/c1-4-12(6-9(2,3)14)8(13)7-5-15-11-10-7/h5,14H,4,6H2,1-3H3. The molecule has 84 valence electrons. The number of amides is 1. The largest absolute Gasteiger partial charge is 0.389 e. The molecule has 1 N–H and O–H groups in total. The van der Waals surface area contributed by atoms with Crippen LogP contribution in [0.2, 0.25) is 0 Å². The summed E-state index contributed by atoms with van der Waals surface area (Å²) in [4.78, 5) is 13.4. The van der Waals surface area contributed by atoms with E-state index in [9.17, 15) is 9.90 Å². The summed E-state index contributed by atoms with van der Waals surface area (Å²) in [5, 5.41) is 15.0. The van der Waals surface area contributed by atoms with Gasteiger partial charge in [-0.1, -0.05) is 4.49 Å². The van der Waals surface area contributed by atoms with Gasteiger partial charge in [0.25, 0.3) is 5.91 Å². The van der Waals surface area contributed by atoms with Gasteiger partial charge in [0, 0.05) is 18.5 Å². The summed E-state index contributed by atoms with van der Waals surface area (Å²) in [6.45, 7) is 6.04. The predicted octanol–water partition coefficient (Wildman–Crippen LogP) is 0.771. The molecule has 0 aromatic carbocycles. The maximum Gasteiger partial charge on any atom is 0.275 e. The lowest BCUT2D eigenvalue weighted by Crippen LogP contribution is -2.42. The highest BCUT2D eigenvalue weighted by Gasteiger charge is 2.23. The van der Waals surface area contributed by atoms with Gasteiger partial charge >= 0.3 is 0 Å². The molecular weight excluding hydrogens is 214 g/mol. The third-order valence-electron chi connectivity index (χ3n) is 1.83. The first-order chi connectivity index (χ1) is 6.94. The van der Waals surface area contributed by atoms with Crippen LogP contribution >= 0.6 is 11.5 Å². The van der Waals surface area contributed by atoms with E-state index in [0.29, 0.717) is 18.8 Å². The quantitative estimate of drug-likeness (QED) is 0.828. The maximum atomic E-state index is 11.8. The van der Waals surface area contributed by atoms with Crippen LogP contribution in [0.3, 0.4) is 0 Å². The number of rotatable bonds is 4. The molecule has 1 aromatic rings. The molecule has 0 spiro atoms. The zero-order valence-corrected chi connectivity index (χ0v) is 9.91. The molecule has 15 heavy (non-hydrogen) atoms. The van der Waals surface area contributed by atoms with Gasteiger partial charge in [-0.3, -0.25) is 4.79 Å². The molecule has 0 saturated heterocycles. The molecule has 5 nitrogen and oxygen atoms in total. The maximum absolute atomic E-state index is 11.8. The predicted molar refractivity (Wildman–Crippen MR) is 57.8 cm³/mol. The fraction of sp³-hybridized carbons (Fsp3) is 0.667. The topological polar surface area (TPSA) is 66.3 Å². The van der Waals surface area contributed by atoms with E-state index in [-0.39, 0.29) is 5.91 Å².